The van der Waals surface area contributed by atoms with Crippen molar-refractivity contribution in [1.82, 2.24) is 10.1 Å². The first kappa shape index (κ1) is 19.4. The van der Waals surface area contributed by atoms with Gasteiger partial charge in [0.2, 0.25) is 0 Å². The minimum absolute atomic E-state index is 0.0213. The average Bonchev–Trinajstić information content (AvgIpc) is 3.42. The van der Waals surface area contributed by atoms with E-state index in [0.717, 1.165) is 34.8 Å². The van der Waals surface area contributed by atoms with Gasteiger partial charge in [-0.2, -0.15) is 4.99 Å². The lowest BCUT2D eigenvalue weighted by Gasteiger charge is -2.13. The number of hydrogen-bond acceptors (Lipinski definition) is 5. The van der Waals surface area contributed by atoms with Crippen LogP contribution >= 0.6 is 0 Å². The van der Waals surface area contributed by atoms with Gasteiger partial charge in [0.15, 0.2) is 11.7 Å². The summed E-state index contributed by atoms with van der Waals surface area (Å²) in [6.07, 6.45) is 1.77. The molecule has 28 heavy (non-hydrogen) atoms. The predicted octanol–water partition coefficient (Wildman–Crippen LogP) is 1.07. The molecule has 9 heteroatoms. The maximum atomic E-state index is 11.9. The Morgan fingerprint density at radius 3 is 2.61 bits per heavy atom. The van der Waals surface area contributed by atoms with Crippen molar-refractivity contribution in [2.45, 2.75) is 19.8 Å². The van der Waals surface area contributed by atoms with Crippen molar-refractivity contribution in [2.24, 2.45) is 33.3 Å². The molecule has 0 saturated heterocycles. The average molecular weight is 383 g/mol. The fourth-order valence-electron chi connectivity index (χ4n) is 2.96. The van der Waals surface area contributed by atoms with Gasteiger partial charge in [0.1, 0.15) is 5.75 Å². The van der Waals surface area contributed by atoms with E-state index in [1.165, 1.54) is 0 Å². The van der Waals surface area contributed by atoms with E-state index in [2.05, 4.69) is 15.1 Å². The monoisotopic (exact) mass is 383 g/mol. The molecule has 0 atom stereocenters. The topological polar surface area (TPSA) is 148 Å². The number of hydrogen-bond donors (Lipinski definition) is 4. The van der Waals surface area contributed by atoms with Crippen LogP contribution in [-0.2, 0) is 4.79 Å². The Bertz CT molecular complexity index is 955. The second-order valence-electron chi connectivity index (χ2n) is 6.80. The molecule has 1 aromatic heterocycles. The third-order valence-electron chi connectivity index (χ3n) is 4.48. The molecule has 1 aliphatic carbocycles. The number of carbonyl (C=O) groups excluding carboxylic acids is 1. The number of rotatable bonds is 6. The van der Waals surface area contributed by atoms with Crippen molar-refractivity contribution in [3.8, 4) is 17.0 Å². The number of amides is 1. The van der Waals surface area contributed by atoms with Crippen molar-refractivity contribution in [3.05, 3.63) is 41.1 Å². The number of hydrazone groups is 1. The maximum absolute atomic E-state index is 11.9. The van der Waals surface area contributed by atoms with Gasteiger partial charge >= 0.3 is 0 Å². The van der Waals surface area contributed by atoms with Gasteiger partial charge in [0.25, 0.3) is 5.91 Å². The zero-order chi connectivity index (χ0) is 20.4. The zero-order valence-corrected chi connectivity index (χ0v) is 16.2. The third kappa shape index (κ3) is 3.99. The highest BCUT2D eigenvalue weighted by atomic mass is 16.5. The number of nitrogens with one attached hydrogen (secondary N) is 1. The Balaban J connectivity index is 2.01. The summed E-state index contributed by atoms with van der Waals surface area (Å²) in [5, 5.41) is 5.17. The van der Waals surface area contributed by atoms with Crippen molar-refractivity contribution < 1.29 is 9.53 Å². The summed E-state index contributed by atoms with van der Waals surface area (Å²) in [5.74, 6) is 6.37. The first-order valence-electron chi connectivity index (χ1n) is 8.90. The Hall–Kier alpha value is -3.33. The molecule has 0 radical (unpaired) electrons. The molecule has 0 aliphatic heterocycles. The van der Waals surface area contributed by atoms with Crippen molar-refractivity contribution in [2.75, 3.05) is 14.2 Å². The van der Waals surface area contributed by atoms with Crippen LogP contribution in [0.3, 0.4) is 0 Å². The summed E-state index contributed by atoms with van der Waals surface area (Å²) in [4.78, 5) is 19.2. The largest absolute Gasteiger partial charge is 0.495 e. The van der Waals surface area contributed by atoms with E-state index in [1.54, 1.807) is 20.2 Å². The Kier molecular flexibility index (Phi) is 5.36. The molecule has 1 amide bonds. The number of methoxy groups -OCH3 is 1. The van der Waals surface area contributed by atoms with E-state index < -0.39 is 0 Å². The number of H-pyrrole nitrogens is 1. The Morgan fingerprint density at radius 2 is 2.00 bits per heavy atom. The van der Waals surface area contributed by atoms with Gasteiger partial charge < -0.3 is 21.2 Å². The van der Waals surface area contributed by atoms with Crippen molar-refractivity contribution in [1.29, 1.82) is 0 Å². The van der Waals surface area contributed by atoms with Crippen LogP contribution in [0.5, 0.6) is 5.75 Å². The number of para-hydroxylation sites is 1. The summed E-state index contributed by atoms with van der Waals surface area (Å²) in [6, 6.07) is 7.45. The predicted molar refractivity (Wildman–Crippen MR) is 109 cm³/mol. The lowest BCUT2D eigenvalue weighted by atomic mass is 10.0. The molecule has 1 heterocycles. The summed E-state index contributed by atoms with van der Waals surface area (Å²) in [6.45, 7) is 1.90. The lowest BCUT2D eigenvalue weighted by Crippen LogP contribution is -2.26. The molecule has 1 fully saturated rings. The minimum Gasteiger partial charge on any atom is -0.495 e. The molecule has 3 rings (SSSR count). The van der Waals surface area contributed by atoms with Gasteiger partial charge in [-0.3, -0.25) is 4.79 Å². The number of nitrogens with two attached hydrogens (primary N) is 3. The van der Waals surface area contributed by atoms with Gasteiger partial charge in [-0.15, -0.1) is 5.10 Å². The second-order valence-corrected chi connectivity index (χ2v) is 6.80. The standard InChI is InChI=1S/C19H25N7O2/c1-10-9-14(23-15(10)18(21)24-19(27)11-7-8-11)12-5-4-6-13(16(12)28-3)17(20)25-26(2)22/h4-6,9,11,23H,7-8,22H2,1-3H3,(H2,20,25)(H2,21,24,27). The number of amidine groups is 2. The van der Waals surface area contributed by atoms with Crippen LogP contribution in [-0.4, -0.2) is 41.8 Å². The summed E-state index contributed by atoms with van der Waals surface area (Å²) < 4.78 is 5.59. The number of nitrogens with zero attached hydrogens (tertiary/aromatic N) is 3. The number of aromatic amines is 1. The van der Waals surface area contributed by atoms with Crippen LogP contribution in [0, 0.1) is 12.8 Å². The first-order valence-corrected chi connectivity index (χ1v) is 8.90. The van der Waals surface area contributed by atoms with Crippen LogP contribution in [0.25, 0.3) is 11.3 Å². The highest BCUT2D eigenvalue weighted by Gasteiger charge is 2.30. The number of aromatic nitrogens is 1. The lowest BCUT2D eigenvalue weighted by molar-refractivity contribution is -0.118. The van der Waals surface area contributed by atoms with Crippen molar-refractivity contribution in [3.63, 3.8) is 0 Å². The number of hydrazine groups is 1. The minimum atomic E-state index is -0.164. The SMILES string of the molecule is COc1c(/C(N)=N/N(C)N)cccc1-c1cc(C)c(C(N)=NC(=O)C2CC2)[nH]1. The van der Waals surface area contributed by atoms with E-state index in [0.29, 0.717) is 17.0 Å². The number of aliphatic imine (C=N–C) groups is 1. The van der Waals surface area contributed by atoms with E-state index in [9.17, 15) is 4.79 Å². The maximum Gasteiger partial charge on any atom is 0.250 e. The second kappa shape index (κ2) is 7.73. The number of aryl methyl sites for hydroxylation is 1. The van der Waals surface area contributed by atoms with Gasteiger partial charge in [-0.25, -0.2) is 11.0 Å². The van der Waals surface area contributed by atoms with E-state index in [1.807, 2.05) is 25.1 Å². The Morgan fingerprint density at radius 1 is 1.29 bits per heavy atom. The first-order chi connectivity index (χ1) is 13.3. The molecule has 1 aliphatic rings. The molecular formula is C19H25N7O2. The number of carbonyl (C=O) groups is 1. The molecule has 2 aromatic rings. The fraction of sp³-hybridized carbons (Fsp3) is 0.316. The smallest absolute Gasteiger partial charge is 0.250 e. The molecule has 0 spiro atoms. The fourth-order valence-corrected chi connectivity index (χ4v) is 2.96. The third-order valence-corrected chi connectivity index (χ3v) is 4.48. The highest BCUT2D eigenvalue weighted by Crippen LogP contribution is 2.34. The number of benzene rings is 1. The molecule has 1 aromatic carbocycles. The molecule has 1 saturated carbocycles. The van der Waals surface area contributed by atoms with Gasteiger partial charge in [-0.1, -0.05) is 6.07 Å². The molecule has 9 nitrogen and oxygen atoms in total. The van der Waals surface area contributed by atoms with E-state index in [-0.39, 0.29) is 23.5 Å². The molecule has 148 valence electrons. The normalized spacial score (nSPS) is 14.9. The molecular weight excluding hydrogens is 358 g/mol. The molecule has 7 N–H and O–H groups in total. The highest BCUT2D eigenvalue weighted by molar-refractivity contribution is 6.05. The van der Waals surface area contributed by atoms with Crippen LogP contribution in [0.15, 0.2) is 34.4 Å². The van der Waals surface area contributed by atoms with E-state index >= 15 is 0 Å². The van der Waals surface area contributed by atoms with Crippen LogP contribution < -0.4 is 22.0 Å². The summed E-state index contributed by atoms with van der Waals surface area (Å²) in [5.41, 5.74) is 15.7. The van der Waals surface area contributed by atoms with Crippen LogP contribution in [0.4, 0.5) is 0 Å². The summed E-state index contributed by atoms with van der Waals surface area (Å²) in [7, 11) is 3.14. The van der Waals surface area contributed by atoms with Crippen LogP contribution in [0.1, 0.15) is 29.7 Å². The molecule has 0 bridgehead atoms. The van der Waals surface area contributed by atoms with Crippen LogP contribution in [0.2, 0.25) is 0 Å². The quantitative estimate of drug-likeness (QED) is 0.254. The zero-order valence-electron chi connectivity index (χ0n) is 16.2. The number of ether oxygens (including phenoxy) is 1. The molecule has 0 unspecified atom stereocenters. The summed E-state index contributed by atoms with van der Waals surface area (Å²) >= 11 is 0. The van der Waals surface area contributed by atoms with Gasteiger partial charge in [-0.05, 0) is 43.5 Å². The van der Waals surface area contributed by atoms with Gasteiger partial charge in [0.05, 0.1) is 18.4 Å². The van der Waals surface area contributed by atoms with E-state index in [4.69, 9.17) is 22.0 Å². The Labute approximate surface area is 163 Å². The van der Waals surface area contributed by atoms with Gasteiger partial charge in [0, 0.05) is 24.2 Å². The van der Waals surface area contributed by atoms with Crippen molar-refractivity contribution >= 4 is 17.6 Å².